The summed E-state index contributed by atoms with van der Waals surface area (Å²) in [6.07, 6.45) is 18.6. The van der Waals surface area contributed by atoms with Crippen molar-refractivity contribution in [1.82, 2.24) is 4.72 Å². The van der Waals surface area contributed by atoms with Crippen molar-refractivity contribution in [1.29, 1.82) is 0 Å². The first-order valence-corrected chi connectivity index (χ1v) is 23.1. The molecule has 0 spiro atoms. The Hall–Kier alpha value is -4.13. The highest BCUT2D eigenvalue weighted by molar-refractivity contribution is 7.88. The van der Waals surface area contributed by atoms with Gasteiger partial charge in [0.25, 0.3) is 5.91 Å². The van der Waals surface area contributed by atoms with Gasteiger partial charge in [-0.25, -0.2) is 22.9 Å². The highest BCUT2D eigenvalue weighted by atomic mass is 35.5. The van der Waals surface area contributed by atoms with E-state index in [-0.39, 0.29) is 28.5 Å². The zero-order chi connectivity index (χ0) is 42.3. The van der Waals surface area contributed by atoms with E-state index < -0.39 is 21.9 Å². The van der Waals surface area contributed by atoms with Crippen molar-refractivity contribution in [2.75, 3.05) is 56.9 Å². The highest BCUT2D eigenvalue weighted by Gasteiger charge is 2.25. The molecular weight excluding hydrogens is 776 g/mol. The first-order chi connectivity index (χ1) is 27.9. The molecule has 13 heteroatoms. The van der Waals surface area contributed by atoms with Crippen LogP contribution in [0.15, 0.2) is 59.6 Å². The summed E-state index contributed by atoms with van der Waals surface area (Å²) >= 11 is 6.57. The number of halogens is 1. The normalized spacial score (nSPS) is 11.7. The first-order valence-electron chi connectivity index (χ1n) is 20.8. The van der Waals surface area contributed by atoms with Crippen molar-refractivity contribution in [2.24, 2.45) is 4.99 Å². The maximum Gasteiger partial charge on any atom is 0.338 e. The second-order valence-corrected chi connectivity index (χ2v) is 16.8. The van der Waals surface area contributed by atoms with Gasteiger partial charge >= 0.3 is 5.97 Å². The zero-order valence-corrected chi connectivity index (χ0v) is 37.0. The smallest absolute Gasteiger partial charge is 0.338 e. The summed E-state index contributed by atoms with van der Waals surface area (Å²) in [4.78, 5) is 34.2. The van der Waals surface area contributed by atoms with E-state index in [2.05, 4.69) is 17.0 Å². The lowest BCUT2D eigenvalue weighted by Gasteiger charge is -2.24. The van der Waals surface area contributed by atoms with Crippen LogP contribution in [-0.2, 0) is 19.6 Å². The predicted octanol–water partition coefficient (Wildman–Crippen LogP) is 10.4. The number of rotatable bonds is 28. The number of methoxy groups -OCH3 is 2. The van der Waals surface area contributed by atoms with E-state index in [1.807, 2.05) is 30.9 Å². The summed E-state index contributed by atoms with van der Waals surface area (Å²) < 4.78 is 42.6. The van der Waals surface area contributed by atoms with Gasteiger partial charge in [-0.2, -0.15) is 0 Å². The summed E-state index contributed by atoms with van der Waals surface area (Å²) in [5, 5.41) is 3.09. The molecule has 11 nitrogen and oxygen atoms in total. The molecule has 3 aromatic carbocycles. The maximum absolute atomic E-state index is 14.3. The number of esters is 1. The topological polar surface area (TPSA) is 136 Å². The van der Waals surface area contributed by atoms with E-state index in [9.17, 15) is 18.0 Å². The Labute approximate surface area is 352 Å². The first kappa shape index (κ1) is 48.2. The Balaban J connectivity index is 1.68. The molecule has 0 radical (unpaired) electrons. The molecule has 1 amide bonds. The van der Waals surface area contributed by atoms with Gasteiger partial charge in [0, 0.05) is 25.3 Å². The largest absolute Gasteiger partial charge is 0.496 e. The van der Waals surface area contributed by atoms with Gasteiger partial charge in [-0.15, -0.1) is 0 Å². The van der Waals surface area contributed by atoms with E-state index >= 15 is 0 Å². The molecule has 0 unspecified atom stereocenters. The maximum atomic E-state index is 14.3. The van der Waals surface area contributed by atoms with E-state index in [0.29, 0.717) is 42.4 Å². The predicted molar refractivity (Wildman–Crippen MR) is 238 cm³/mol. The molecule has 3 aromatic rings. The van der Waals surface area contributed by atoms with E-state index in [1.54, 1.807) is 36.4 Å². The number of aryl methyl sites for hydroxylation is 1. The Morgan fingerprint density at radius 3 is 1.91 bits per heavy atom. The third kappa shape index (κ3) is 16.6. The minimum Gasteiger partial charge on any atom is -0.496 e. The van der Waals surface area contributed by atoms with Crippen LogP contribution in [0.5, 0.6) is 11.5 Å². The van der Waals surface area contributed by atoms with Crippen molar-refractivity contribution < 1.29 is 32.2 Å². The lowest BCUT2D eigenvalue weighted by atomic mass is 10.0. The number of benzene rings is 3. The molecular formula is C45H65ClN4O7S. The average molecular weight is 842 g/mol. The number of likely N-dealkylation sites (N-methyl/N-ethyl adjacent to an activating group) is 1. The van der Waals surface area contributed by atoms with E-state index in [4.69, 9.17) is 30.8 Å². The molecule has 0 aromatic heterocycles. The number of unbranched alkanes of at least 4 members (excludes halogenated alkanes) is 13. The third-order valence-electron chi connectivity index (χ3n) is 9.97. The molecule has 0 heterocycles. The molecule has 0 fully saturated rings. The molecule has 0 aliphatic rings. The van der Waals surface area contributed by atoms with Gasteiger partial charge in [-0.05, 0) is 74.4 Å². The van der Waals surface area contributed by atoms with Crippen LogP contribution in [0, 0.1) is 6.92 Å². The minimum atomic E-state index is -3.31. The van der Waals surface area contributed by atoms with Crippen LogP contribution in [0.2, 0.25) is 5.02 Å². The highest BCUT2D eigenvalue weighted by Crippen LogP contribution is 2.33. The number of ether oxygens (including phenoxy) is 3. The molecule has 320 valence electrons. The van der Waals surface area contributed by atoms with Crippen molar-refractivity contribution in [3.05, 3.63) is 76.3 Å². The number of hydrogen-bond acceptors (Lipinski definition) is 9. The molecule has 58 heavy (non-hydrogen) atoms. The number of amides is 1. The van der Waals surface area contributed by atoms with Crippen LogP contribution in [0.3, 0.4) is 0 Å². The Morgan fingerprint density at radius 2 is 1.38 bits per heavy atom. The van der Waals surface area contributed by atoms with E-state index in [1.165, 1.54) is 90.9 Å². The van der Waals surface area contributed by atoms with Gasteiger partial charge in [0.2, 0.25) is 10.0 Å². The number of nitrogens with zero attached hydrogens (tertiary/aromatic N) is 2. The van der Waals surface area contributed by atoms with Crippen molar-refractivity contribution in [3.8, 4) is 11.5 Å². The molecule has 0 aliphatic heterocycles. The second kappa shape index (κ2) is 26.1. The van der Waals surface area contributed by atoms with Crippen LogP contribution in [0.25, 0.3) is 0 Å². The number of anilines is 2. The standard InChI is InChI=1S/C45H65ClN4O7S/c1-7-9-10-11-12-13-14-15-16-17-18-19-20-21-31-57-45(52)35-25-27-37(46)39(33-35)49-44(51)43(42-40(55-4)23-22-24-41(42)56-5)48-38-28-26-36(32-34(38)3)50(8-2)30-29-47-58(6,53)54/h22-28,32-33,47H,7-21,29-31H2,1-6H3,(H,49,51). The number of carbonyl (C=O) groups excluding carboxylic acids is 2. The molecule has 3 rings (SSSR count). The van der Waals surface area contributed by atoms with Gasteiger partial charge in [-0.1, -0.05) is 108 Å². The number of sulfonamides is 1. The van der Waals surface area contributed by atoms with Crippen LogP contribution in [0.1, 0.15) is 125 Å². The monoisotopic (exact) mass is 840 g/mol. The van der Waals surface area contributed by atoms with Crippen LogP contribution < -0.4 is 24.4 Å². The van der Waals surface area contributed by atoms with Gasteiger partial charge in [0.05, 0.1) is 54.6 Å². The van der Waals surface area contributed by atoms with Crippen LogP contribution in [-0.4, -0.2) is 72.7 Å². The lowest BCUT2D eigenvalue weighted by molar-refractivity contribution is -0.110. The Kier molecular flexibility index (Phi) is 21.7. The molecule has 0 aliphatic carbocycles. The van der Waals surface area contributed by atoms with Gasteiger partial charge in [0.15, 0.2) is 0 Å². The summed E-state index contributed by atoms with van der Waals surface area (Å²) in [6.45, 7) is 7.80. The number of carbonyl (C=O) groups is 2. The summed E-state index contributed by atoms with van der Waals surface area (Å²) in [5.41, 5.74) is 2.96. The van der Waals surface area contributed by atoms with Crippen molar-refractivity contribution in [2.45, 2.75) is 111 Å². The fourth-order valence-corrected chi connectivity index (χ4v) is 7.32. The number of hydrogen-bond donors (Lipinski definition) is 2. The van der Waals surface area contributed by atoms with Crippen molar-refractivity contribution in [3.63, 3.8) is 0 Å². The number of aliphatic imine (C=N–C) groups is 1. The number of nitrogens with one attached hydrogen (secondary N) is 2. The van der Waals surface area contributed by atoms with Crippen molar-refractivity contribution >= 4 is 56.3 Å². The summed E-state index contributed by atoms with van der Waals surface area (Å²) in [7, 11) is -0.321. The second-order valence-electron chi connectivity index (χ2n) is 14.6. The molecule has 0 bridgehead atoms. The third-order valence-corrected chi connectivity index (χ3v) is 11.0. The molecule has 0 saturated heterocycles. The average Bonchev–Trinajstić information content (AvgIpc) is 3.20. The van der Waals surface area contributed by atoms with Crippen LogP contribution >= 0.6 is 11.6 Å². The molecule has 0 saturated carbocycles. The molecule has 0 atom stereocenters. The van der Waals surface area contributed by atoms with E-state index in [0.717, 1.165) is 36.8 Å². The Morgan fingerprint density at radius 1 is 0.793 bits per heavy atom. The van der Waals surface area contributed by atoms with Gasteiger partial charge in [-0.3, -0.25) is 4.79 Å². The van der Waals surface area contributed by atoms with Crippen LogP contribution in [0.4, 0.5) is 17.1 Å². The SMILES string of the molecule is CCCCCCCCCCCCCCCCOC(=O)c1ccc(Cl)c(NC(=O)C(=Nc2ccc(N(CC)CCNS(C)(=O)=O)cc2C)c2c(OC)cccc2OC)c1. The quantitative estimate of drug-likeness (QED) is 0.0419. The minimum absolute atomic E-state index is 0.00305. The summed E-state index contributed by atoms with van der Waals surface area (Å²) in [5.74, 6) is -0.371. The van der Waals surface area contributed by atoms with Gasteiger partial charge < -0.3 is 24.4 Å². The zero-order valence-electron chi connectivity index (χ0n) is 35.5. The molecule has 2 N–H and O–H groups in total. The summed E-state index contributed by atoms with van der Waals surface area (Å²) in [6, 6.07) is 15.4. The Bertz CT molecular complexity index is 1860. The lowest BCUT2D eigenvalue weighted by Crippen LogP contribution is -2.34. The van der Waals surface area contributed by atoms with Gasteiger partial charge in [0.1, 0.15) is 17.2 Å². The fourth-order valence-electron chi connectivity index (χ4n) is 6.70. The fraction of sp³-hybridized carbons (Fsp3) is 0.533.